The highest BCUT2D eigenvalue weighted by atomic mass is 32.2. The monoisotopic (exact) mass is 603 g/mol. The molecule has 1 heterocycles. The van der Waals surface area contributed by atoms with Crippen LogP contribution in [0.4, 0.5) is 11.4 Å². The van der Waals surface area contributed by atoms with E-state index in [2.05, 4.69) is 10.0 Å². The maximum atomic E-state index is 13.0. The summed E-state index contributed by atoms with van der Waals surface area (Å²) in [5.41, 5.74) is 3.11. The number of sulfonamides is 1. The van der Waals surface area contributed by atoms with Crippen molar-refractivity contribution in [1.82, 2.24) is 4.90 Å². The highest BCUT2D eigenvalue weighted by Crippen LogP contribution is 2.39. The van der Waals surface area contributed by atoms with Crippen LogP contribution in [-0.2, 0) is 21.4 Å². The number of methoxy groups -OCH3 is 2. The minimum Gasteiger partial charge on any atom is -0.497 e. The second-order valence-electron chi connectivity index (χ2n) is 9.44. The number of nitrogens with one attached hydrogen (secondary N) is 2. The van der Waals surface area contributed by atoms with E-state index in [0.717, 1.165) is 11.1 Å². The van der Waals surface area contributed by atoms with Gasteiger partial charge in [0.15, 0.2) is 0 Å². The second kappa shape index (κ2) is 12.6. The van der Waals surface area contributed by atoms with E-state index >= 15 is 0 Å². The number of hydrogen-bond acceptors (Lipinski definition) is 7. The summed E-state index contributed by atoms with van der Waals surface area (Å²) in [6.45, 7) is 0.522. The van der Waals surface area contributed by atoms with E-state index in [1.807, 2.05) is 47.4 Å². The molecule has 0 aliphatic carbocycles. The minimum atomic E-state index is -3.94. The third kappa shape index (κ3) is 6.53. The van der Waals surface area contributed by atoms with Crippen LogP contribution in [0, 0.1) is 0 Å². The Morgan fingerprint density at radius 2 is 1.64 bits per heavy atom. The minimum absolute atomic E-state index is 0.0124. The van der Waals surface area contributed by atoms with Gasteiger partial charge in [0.1, 0.15) is 16.9 Å². The number of carbonyl (C=O) groups is 2. The third-order valence-corrected chi connectivity index (χ3v) is 9.33. The Morgan fingerprint density at radius 3 is 2.31 bits per heavy atom. The van der Waals surface area contributed by atoms with Crippen LogP contribution >= 0.6 is 11.8 Å². The molecule has 1 aliphatic heterocycles. The number of carbonyl (C=O) groups excluding carboxylic acids is 2. The normalized spacial score (nSPS) is 14.9. The first-order valence-corrected chi connectivity index (χ1v) is 15.5. The fraction of sp³-hybridized carbons (Fsp3) is 0.161. The van der Waals surface area contributed by atoms with Crippen molar-refractivity contribution in [3.05, 3.63) is 114 Å². The Kier molecular flexibility index (Phi) is 8.69. The van der Waals surface area contributed by atoms with Gasteiger partial charge in [0.25, 0.3) is 15.9 Å². The molecule has 9 nitrogen and oxygen atoms in total. The second-order valence-corrected chi connectivity index (χ2v) is 12.2. The van der Waals surface area contributed by atoms with Gasteiger partial charge >= 0.3 is 0 Å². The van der Waals surface area contributed by atoms with Crippen molar-refractivity contribution in [1.29, 1.82) is 0 Å². The largest absolute Gasteiger partial charge is 0.497 e. The van der Waals surface area contributed by atoms with Crippen molar-refractivity contribution in [3.63, 3.8) is 0 Å². The predicted molar refractivity (Wildman–Crippen MR) is 163 cm³/mol. The van der Waals surface area contributed by atoms with Crippen molar-refractivity contribution in [2.75, 3.05) is 30.0 Å². The maximum absolute atomic E-state index is 13.0. The van der Waals surface area contributed by atoms with Gasteiger partial charge in [-0.2, -0.15) is 0 Å². The number of ether oxygens (including phenoxy) is 2. The molecule has 11 heteroatoms. The quantitative estimate of drug-likeness (QED) is 0.245. The fourth-order valence-electron chi connectivity index (χ4n) is 4.50. The number of anilines is 2. The molecular weight excluding hydrogens is 574 g/mol. The molecule has 2 amide bonds. The third-order valence-electron chi connectivity index (χ3n) is 6.70. The van der Waals surface area contributed by atoms with E-state index in [9.17, 15) is 18.0 Å². The first kappa shape index (κ1) is 29.0. The Bertz CT molecular complexity index is 1680. The van der Waals surface area contributed by atoms with Gasteiger partial charge in [-0.15, -0.1) is 11.8 Å². The smallest absolute Gasteiger partial charge is 0.262 e. The molecule has 4 aromatic rings. The van der Waals surface area contributed by atoms with Crippen LogP contribution in [0.15, 0.2) is 102 Å². The highest BCUT2D eigenvalue weighted by Gasteiger charge is 2.32. The zero-order valence-corrected chi connectivity index (χ0v) is 24.6. The summed E-state index contributed by atoms with van der Waals surface area (Å²) in [4.78, 5) is 27.3. The van der Waals surface area contributed by atoms with Crippen LogP contribution in [0.1, 0.15) is 26.9 Å². The topological polar surface area (TPSA) is 114 Å². The van der Waals surface area contributed by atoms with Crippen molar-refractivity contribution in [2.45, 2.75) is 16.8 Å². The van der Waals surface area contributed by atoms with Crippen molar-refractivity contribution >= 4 is 45.0 Å². The van der Waals surface area contributed by atoms with Gasteiger partial charge in [-0.3, -0.25) is 14.3 Å². The molecular formula is C31H29N3O6S2. The molecule has 0 spiro atoms. The molecule has 5 rings (SSSR count). The van der Waals surface area contributed by atoms with Crippen LogP contribution in [0.3, 0.4) is 0 Å². The molecule has 1 atom stereocenters. The Balaban J connectivity index is 1.24. The summed E-state index contributed by atoms with van der Waals surface area (Å²) >= 11 is 1.56. The van der Waals surface area contributed by atoms with Crippen LogP contribution in [-0.4, -0.2) is 45.1 Å². The van der Waals surface area contributed by atoms with E-state index < -0.39 is 10.0 Å². The van der Waals surface area contributed by atoms with Crippen LogP contribution in [0.2, 0.25) is 0 Å². The summed E-state index contributed by atoms with van der Waals surface area (Å²) in [6.07, 6.45) is 0. The summed E-state index contributed by atoms with van der Waals surface area (Å²) in [6, 6.07) is 27.7. The zero-order chi connectivity index (χ0) is 29.7. The van der Waals surface area contributed by atoms with Gasteiger partial charge in [0.05, 0.1) is 30.6 Å². The molecule has 0 aromatic heterocycles. The molecule has 1 aliphatic rings. The van der Waals surface area contributed by atoms with Gasteiger partial charge in [-0.05, 0) is 59.7 Å². The molecule has 42 heavy (non-hydrogen) atoms. The van der Waals surface area contributed by atoms with Crippen LogP contribution in [0.5, 0.6) is 11.5 Å². The highest BCUT2D eigenvalue weighted by molar-refractivity contribution is 8.00. The van der Waals surface area contributed by atoms with Crippen LogP contribution in [0.25, 0.3) is 0 Å². The predicted octanol–water partition coefficient (Wildman–Crippen LogP) is 5.53. The number of amides is 2. The first-order chi connectivity index (χ1) is 20.3. The summed E-state index contributed by atoms with van der Waals surface area (Å²) in [5, 5.41) is 2.67. The number of rotatable bonds is 10. The van der Waals surface area contributed by atoms with Gasteiger partial charge in [0.2, 0.25) is 5.91 Å². The lowest BCUT2D eigenvalue weighted by Crippen LogP contribution is -2.27. The fourth-order valence-corrected chi connectivity index (χ4v) is 6.75. The Hall–Kier alpha value is -4.48. The molecule has 0 bridgehead atoms. The summed E-state index contributed by atoms with van der Waals surface area (Å²) in [5.74, 6) is 0.969. The average molecular weight is 604 g/mol. The first-order valence-electron chi connectivity index (χ1n) is 13.0. The van der Waals surface area contributed by atoms with E-state index in [4.69, 9.17) is 9.47 Å². The maximum Gasteiger partial charge on any atom is 0.262 e. The van der Waals surface area contributed by atoms with E-state index in [1.165, 1.54) is 44.6 Å². The van der Waals surface area contributed by atoms with Gasteiger partial charge in [-0.1, -0.05) is 42.5 Å². The number of hydrogen-bond donors (Lipinski definition) is 2. The number of benzene rings is 4. The van der Waals surface area contributed by atoms with Crippen LogP contribution < -0.4 is 19.5 Å². The Morgan fingerprint density at radius 1 is 0.929 bits per heavy atom. The van der Waals surface area contributed by atoms with Crippen molar-refractivity contribution in [2.24, 2.45) is 0 Å². The zero-order valence-electron chi connectivity index (χ0n) is 22.9. The lowest BCUT2D eigenvalue weighted by molar-refractivity contribution is -0.128. The molecule has 216 valence electrons. The standard InChI is InChI=1S/C31H29N3O6S2/c1-39-25-14-17-28(40-2)27(18-25)33-42(37,38)26-15-12-24(13-16-26)32-30(36)22-8-10-23(11-9-22)31-34(29(35)20-41-31)19-21-6-4-3-5-7-21/h3-18,31,33H,19-20H2,1-2H3,(H,32,36)/t31-/m0/s1. The van der Waals surface area contributed by atoms with Gasteiger partial charge in [0, 0.05) is 23.9 Å². The van der Waals surface area contributed by atoms with Crippen molar-refractivity contribution < 1.29 is 27.5 Å². The number of nitrogens with zero attached hydrogens (tertiary/aromatic N) is 1. The lowest BCUT2D eigenvalue weighted by Gasteiger charge is -2.24. The molecule has 4 aromatic carbocycles. The molecule has 1 fully saturated rings. The molecule has 0 saturated carbocycles. The molecule has 0 radical (unpaired) electrons. The van der Waals surface area contributed by atoms with E-state index in [1.54, 1.807) is 36.0 Å². The lowest BCUT2D eigenvalue weighted by atomic mass is 10.1. The molecule has 2 N–H and O–H groups in total. The Labute approximate surface area is 248 Å². The molecule has 0 unspecified atom stereocenters. The number of thioether (sulfide) groups is 1. The van der Waals surface area contributed by atoms with E-state index in [0.29, 0.717) is 35.0 Å². The van der Waals surface area contributed by atoms with Crippen molar-refractivity contribution in [3.8, 4) is 11.5 Å². The summed E-state index contributed by atoms with van der Waals surface area (Å²) < 4.78 is 38.9. The van der Waals surface area contributed by atoms with E-state index in [-0.39, 0.29) is 27.8 Å². The van der Waals surface area contributed by atoms with Gasteiger partial charge in [-0.25, -0.2) is 8.42 Å². The molecule has 1 saturated heterocycles. The average Bonchev–Trinajstić information content (AvgIpc) is 3.37. The summed E-state index contributed by atoms with van der Waals surface area (Å²) in [7, 11) is -1.01. The SMILES string of the molecule is COc1ccc(OC)c(NS(=O)(=O)c2ccc(NC(=O)c3ccc([C@@H]4SCC(=O)N4Cc4ccccc4)cc3)cc2)c1. The van der Waals surface area contributed by atoms with Gasteiger partial charge < -0.3 is 19.7 Å².